The predicted octanol–water partition coefficient (Wildman–Crippen LogP) is 3.12. The summed E-state index contributed by atoms with van der Waals surface area (Å²) in [7, 11) is 0. The summed E-state index contributed by atoms with van der Waals surface area (Å²) in [4.78, 5) is 6.66. The van der Waals surface area contributed by atoms with Gasteiger partial charge in [0.05, 0.1) is 11.9 Å². The Balaban J connectivity index is 2.21. The standard InChI is InChI=1S/C16H25N3/c1-5-10-19(16(2,3)4)15-12-17-9-8-13(15)11-18-14-6-7-14/h5,8-9,12,14,18H,1,6-7,10-11H2,2-4H3. The van der Waals surface area contributed by atoms with Gasteiger partial charge in [-0.05, 0) is 45.2 Å². The van der Waals surface area contributed by atoms with E-state index in [1.807, 2.05) is 18.5 Å². The molecule has 0 aromatic carbocycles. The molecule has 1 aromatic heterocycles. The number of anilines is 1. The maximum atomic E-state index is 4.30. The molecule has 1 aliphatic carbocycles. The number of rotatable bonds is 6. The van der Waals surface area contributed by atoms with Crippen LogP contribution in [0.5, 0.6) is 0 Å². The fraction of sp³-hybridized carbons (Fsp3) is 0.562. The molecule has 0 atom stereocenters. The van der Waals surface area contributed by atoms with Gasteiger partial charge in [-0.25, -0.2) is 0 Å². The Kier molecular flexibility index (Phi) is 4.25. The van der Waals surface area contributed by atoms with Crippen LogP contribution in [0, 0.1) is 0 Å². The second-order valence-corrected chi connectivity index (χ2v) is 6.23. The molecule has 2 rings (SSSR count). The van der Waals surface area contributed by atoms with Gasteiger partial charge in [0.2, 0.25) is 0 Å². The Hall–Kier alpha value is -1.35. The Bertz CT molecular complexity index is 430. The van der Waals surface area contributed by atoms with Gasteiger partial charge in [-0.2, -0.15) is 0 Å². The maximum Gasteiger partial charge on any atom is 0.0605 e. The van der Waals surface area contributed by atoms with E-state index in [1.165, 1.54) is 24.1 Å². The summed E-state index contributed by atoms with van der Waals surface area (Å²) in [5, 5.41) is 3.58. The molecule has 0 aliphatic heterocycles. The van der Waals surface area contributed by atoms with E-state index >= 15 is 0 Å². The topological polar surface area (TPSA) is 28.2 Å². The zero-order valence-corrected chi connectivity index (χ0v) is 12.3. The van der Waals surface area contributed by atoms with Gasteiger partial charge in [-0.3, -0.25) is 4.98 Å². The minimum Gasteiger partial charge on any atom is -0.361 e. The summed E-state index contributed by atoms with van der Waals surface area (Å²) in [6.45, 7) is 12.3. The molecule has 1 heterocycles. The quantitative estimate of drug-likeness (QED) is 0.796. The lowest BCUT2D eigenvalue weighted by Gasteiger charge is -2.38. The third-order valence-electron chi connectivity index (χ3n) is 3.46. The highest BCUT2D eigenvalue weighted by molar-refractivity contribution is 5.54. The van der Waals surface area contributed by atoms with Crippen LogP contribution in [-0.2, 0) is 6.54 Å². The lowest BCUT2D eigenvalue weighted by atomic mass is 10.0. The highest BCUT2D eigenvalue weighted by atomic mass is 15.2. The van der Waals surface area contributed by atoms with E-state index in [2.05, 4.69) is 48.6 Å². The van der Waals surface area contributed by atoms with E-state index in [1.54, 1.807) is 0 Å². The average Bonchev–Trinajstić information content (AvgIpc) is 3.17. The van der Waals surface area contributed by atoms with Crippen molar-refractivity contribution in [2.45, 2.75) is 51.7 Å². The van der Waals surface area contributed by atoms with Gasteiger partial charge in [-0.1, -0.05) is 6.08 Å². The van der Waals surface area contributed by atoms with Gasteiger partial charge in [-0.15, -0.1) is 6.58 Å². The van der Waals surface area contributed by atoms with Crippen LogP contribution in [0.15, 0.2) is 31.1 Å². The van der Waals surface area contributed by atoms with Crippen LogP contribution < -0.4 is 10.2 Å². The smallest absolute Gasteiger partial charge is 0.0605 e. The number of hydrogen-bond acceptors (Lipinski definition) is 3. The summed E-state index contributed by atoms with van der Waals surface area (Å²) < 4.78 is 0. The molecule has 0 bridgehead atoms. The van der Waals surface area contributed by atoms with Crippen LogP contribution >= 0.6 is 0 Å². The molecule has 19 heavy (non-hydrogen) atoms. The molecule has 0 saturated heterocycles. The minimum atomic E-state index is 0.0611. The highest BCUT2D eigenvalue weighted by Crippen LogP contribution is 2.27. The third kappa shape index (κ3) is 3.80. The number of hydrogen-bond donors (Lipinski definition) is 1. The van der Waals surface area contributed by atoms with Crippen LogP contribution in [0.25, 0.3) is 0 Å². The average molecular weight is 259 g/mol. The van der Waals surface area contributed by atoms with E-state index in [-0.39, 0.29) is 5.54 Å². The number of pyridine rings is 1. The van der Waals surface area contributed by atoms with Crippen molar-refractivity contribution in [3.8, 4) is 0 Å². The molecule has 1 fully saturated rings. The van der Waals surface area contributed by atoms with E-state index in [0.29, 0.717) is 0 Å². The molecule has 0 amide bonds. The Labute approximate surface area is 116 Å². The predicted molar refractivity (Wildman–Crippen MR) is 81.4 cm³/mol. The van der Waals surface area contributed by atoms with E-state index in [9.17, 15) is 0 Å². The Morgan fingerprint density at radius 1 is 1.47 bits per heavy atom. The molecule has 1 N–H and O–H groups in total. The van der Waals surface area contributed by atoms with Crippen molar-refractivity contribution in [2.75, 3.05) is 11.4 Å². The molecular weight excluding hydrogens is 234 g/mol. The van der Waals surface area contributed by atoms with Crippen molar-refractivity contribution in [1.82, 2.24) is 10.3 Å². The van der Waals surface area contributed by atoms with Gasteiger partial charge >= 0.3 is 0 Å². The SMILES string of the molecule is C=CCN(c1cnccc1CNC1CC1)C(C)(C)C. The second-order valence-electron chi connectivity index (χ2n) is 6.23. The molecule has 3 heteroatoms. The Morgan fingerprint density at radius 3 is 2.79 bits per heavy atom. The van der Waals surface area contributed by atoms with Crippen LogP contribution in [0.1, 0.15) is 39.2 Å². The highest BCUT2D eigenvalue weighted by Gasteiger charge is 2.24. The summed E-state index contributed by atoms with van der Waals surface area (Å²) in [6.07, 6.45) is 8.43. The zero-order valence-electron chi connectivity index (χ0n) is 12.3. The number of nitrogens with one attached hydrogen (secondary N) is 1. The molecule has 104 valence electrons. The third-order valence-corrected chi connectivity index (χ3v) is 3.46. The monoisotopic (exact) mass is 259 g/mol. The summed E-state index contributed by atoms with van der Waals surface area (Å²) in [6, 6.07) is 2.84. The van der Waals surface area contributed by atoms with Crippen molar-refractivity contribution in [1.29, 1.82) is 0 Å². The second kappa shape index (κ2) is 5.74. The first-order chi connectivity index (χ1) is 9.02. The normalized spacial score (nSPS) is 15.3. The molecule has 0 unspecified atom stereocenters. The molecule has 3 nitrogen and oxygen atoms in total. The molecule has 1 saturated carbocycles. The van der Waals surface area contributed by atoms with Gasteiger partial charge in [0.1, 0.15) is 0 Å². The number of aromatic nitrogens is 1. The summed E-state index contributed by atoms with van der Waals surface area (Å²) in [5.41, 5.74) is 2.59. The fourth-order valence-corrected chi connectivity index (χ4v) is 2.21. The van der Waals surface area contributed by atoms with E-state index in [0.717, 1.165) is 19.1 Å². The van der Waals surface area contributed by atoms with Crippen molar-refractivity contribution in [3.05, 3.63) is 36.7 Å². The van der Waals surface area contributed by atoms with Crippen LogP contribution in [-0.4, -0.2) is 23.1 Å². The lowest BCUT2D eigenvalue weighted by molar-refractivity contribution is 0.518. The lowest BCUT2D eigenvalue weighted by Crippen LogP contribution is -2.42. The Morgan fingerprint density at radius 2 is 2.21 bits per heavy atom. The van der Waals surface area contributed by atoms with Gasteiger partial charge < -0.3 is 10.2 Å². The molecule has 1 aliphatic rings. The summed E-state index contributed by atoms with van der Waals surface area (Å²) in [5.74, 6) is 0. The largest absolute Gasteiger partial charge is 0.361 e. The first-order valence-electron chi connectivity index (χ1n) is 7.07. The van der Waals surface area contributed by atoms with Crippen molar-refractivity contribution in [3.63, 3.8) is 0 Å². The van der Waals surface area contributed by atoms with Crippen LogP contribution in [0.2, 0.25) is 0 Å². The zero-order chi connectivity index (χ0) is 13.9. The van der Waals surface area contributed by atoms with Crippen molar-refractivity contribution in [2.24, 2.45) is 0 Å². The number of nitrogens with zero attached hydrogens (tertiary/aromatic N) is 2. The van der Waals surface area contributed by atoms with Gasteiger partial charge in [0.25, 0.3) is 0 Å². The van der Waals surface area contributed by atoms with Crippen LogP contribution in [0.3, 0.4) is 0 Å². The first kappa shape index (κ1) is 14.1. The molecule has 0 radical (unpaired) electrons. The van der Waals surface area contributed by atoms with E-state index < -0.39 is 0 Å². The van der Waals surface area contributed by atoms with E-state index in [4.69, 9.17) is 0 Å². The van der Waals surface area contributed by atoms with Gasteiger partial charge in [0, 0.05) is 30.9 Å². The first-order valence-corrected chi connectivity index (χ1v) is 7.07. The fourth-order valence-electron chi connectivity index (χ4n) is 2.21. The van der Waals surface area contributed by atoms with Crippen molar-refractivity contribution < 1.29 is 0 Å². The molecule has 1 aromatic rings. The van der Waals surface area contributed by atoms with Gasteiger partial charge in [0.15, 0.2) is 0 Å². The molecule has 0 spiro atoms. The van der Waals surface area contributed by atoms with Crippen molar-refractivity contribution >= 4 is 5.69 Å². The maximum absolute atomic E-state index is 4.30. The minimum absolute atomic E-state index is 0.0611. The summed E-state index contributed by atoms with van der Waals surface area (Å²) >= 11 is 0. The molecular formula is C16H25N3. The van der Waals surface area contributed by atoms with Crippen LogP contribution in [0.4, 0.5) is 5.69 Å².